The summed E-state index contributed by atoms with van der Waals surface area (Å²) in [6.45, 7) is 3.79. The topological polar surface area (TPSA) is 53.6 Å². The molecule has 3 rings (SSSR count). The van der Waals surface area contributed by atoms with E-state index in [0.717, 1.165) is 18.7 Å². The summed E-state index contributed by atoms with van der Waals surface area (Å²) in [5.41, 5.74) is 12.1. The van der Waals surface area contributed by atoms with Crippen LogP contribution in [0, 0.1) is 6.92 Å². The zero-order valence-electron chi connectivity index (χ0n) is 14.2. The van der Waals surface area contributed by atoms with Crippen molar-refractivity contribution in [3.8, 4) is 0 Å². The average molecular weight is 436 g/mol. The molecule has 3 N–H and O–H groups in total. The van der Waals surface area contributed by atoms with Gasteiger partial charge in [-0.25, -0.2) is 4.99 Å². The number of aryl methyl sites for hydroxylation is 2. The molecule has 0 unspecified atom stereocenters. The lowest BCUT2D eigenvalue weighted by atomic mass is 10.00. The van der Waals surface area contributed by atoms with E-state index in [1.54, 1.807) is 0 Å². The predicted molar refractivity (Wildman–Crippen MR) is 114 cm³/mol. The first-order valence-corrected chi connectivity index (χ1v) is 8.08. The fourth-order valence-corrected chi connectivity index (χ4v) is 3.02. The van der Waals surface area contributed by atoms with Gasteiger partial charge in [0.1, 0.15) is 0 Å². The smallest absolute Gasteiger partial charge is 0.193 e. The molecule has 128 valence electrons. The molecule has 24 heavy (non-hydrogen) atoms. The van der Waals surface area contributed by atoms with E-state index in [4.69, 9.17) is 5.73 Å². The highest BCUT2D eigenvalue weighted by Crippen LogP contribution is 2.26. The van der Waals surface area contributed by atoms with Gasteiger partial charge in [0.15, 0.2) is 5.96 Å². The van der Waals surface area contributed by atoms with Crippen molar-refractivity contribution in [2.24, 2.45) is 10.7 Å². The number of nitrogens with one attached hydrogen (secondary N) is 1. The lowest BCUT2D eigenvalue weighted by Crippen LogP contribution is -2.24. The van der Waals surface area contributed by atoms with E-state index in [-0.39, 0.29) is 24.0 Å². The molecule has 0 fully saturated rings. The maximum atomic E-state index is 5.99. The van der Waals surface area contributed by atoms with E-state index < -0.39 is 0 Å². The molecule has 1 aliphatic rings. The highest BCUT2D eigenvalue weighted by atomic mass is 127. The lowest BCUT2D eigenvalue weighted by molar-refractivity contribution is 0.743. The molecular weight excluding hydrogens is 411 g/mol. The van der Waals surface area contributed by atoms with Crippen molar-refractivity contribution in [1.29, 1.82) is 0 Å². The van der Waals surface area contributed by atoms with Gasteiger partial charge in [-0.05, 0) is 54.7 Å². The number of rotatable bonds is 3. The van der Waals surface area contributed by atoms with E-state index in [1.165, 1.54) is 28.8 Å². The largest absolute Gasteiger partial charge is 0.374 e. The van der Waals surface area contributed by atoms with Crippen LogP contribution in [-0.2, 0) is 13.0 Å². The number of nitrogens with two attached hydrogens (primary N) is 1. The maximum absolute atomic E-state index is 5.99. The molecule has 2 aromatic rings. The van der Waals surface area contributed by atoms with Crippen molar-refractivity contribution in [2.45, 2.75) is 26.3 Å². The van der Waals surface area contributed by atoms with Crippen molar-refractivity contribution >= 4 is 41.3 Å². The minimum absolute atomic E-state index is 0. The van der Waals surface area contributed by atoms with E-state index in [2.05, 4.69) is 59.5 Å². The number of hydrogen-bond acceptors (Lipinski definition) is 2. The SMILES string of the molecule is Cc1cccc(NC(N)=NCc2ccc3c(c2)CCCN3C)c1.I. The molecule has 2 aromatic carbocycles. The second kappa shape index (κ2) is 8.37. The van der Waals surface area contributed by atoms with Crippen LogP contribution in [0.1, 0.15) is 23.1 Å². The van der Waals surface area contributed by atoms with E-state index in [1.807, 2.05) is 12.1 Å². The number of fused-ring (bicyclic) bond motifs is 1. The van der Waals surface area contributed by atoms with Gasteiger partial charge in [-0.1, -0.05) is 24.3 Å². The molecule has 0 saturated heterocycles. The van der Waals surface area contributed by atoms with Crippen molar-refractivity contribution in [2.75, 3.05) is 23.8 Å². The predicted octanol–water partition coefficient (Wildman–Crippen LogP) is 3.92. The Morgan fingerprint density at radius 2 is 2.08 bits per heavy atom. The molecule has 0 spiro atoms. The summed E-state index contributed by atoms with van der Waals surface area (Å²) in [5.74, 6) is 0.449. The Kier molecular flexibility index (Phi) is 6.48. The number of hydrogen-bond donors (Lipinski definition) is 2. The third-order valence-corrected chi connectivity index (χ3v) is 4.22. The molecule has 0 radical (unpaired) electrons. The van der Waals surface area contributed by atoms with Crippen LogP contribution >= 0.6 is 24.0 Å². The summed E-state index contributed by atoms with van der Waals surface area (Å²) in [4.78, 5) is 6.78. The van der Waals surface area contributed by atoms with Crippen LogP contribution in [0.15, 0.2) is 47.5 Å². The van der Waals surface area contributed by atoms with Gasteiger partial charge >= 0.3 is 0 Å². The van der Waals surface area contributed by atoms with E-state index in [0.29, 0.717) is 12.5 Å². The molecule has 0 saturated carbocycles. The van der Waals surface area contributed by atoms with E-state index in [9.17, 15) is 0 Å². The molecule has 5 heteroatoms. The Bertz CT molecular complexity index is 727. The lowest BCUT2D eigenvalue weighted by Gasteiger charge is -2.27. The molecule has 0 aliphatic carbocycles. The van der Waals surface area contributed by atoms with Gasteiger partial charge in [0.25, 0.3) is 0 Å². The van der Waals surface area contributed by atoms with Crippen LogP contribution in [0.2, 0.25) is 0 Å². The molecule has 4 nitrogen and oxygen atoms in total. The van der Waals surface area contributed by atoms with Crippen molar-refractivity contribution in [3.05, 3.63) is 59.2 Å². The second-order valence-corrected chi connectivity index (χ2v) is 6.18. The first kappa shape index (κ1) is 18.6. The quantitative estimate of drug-likeness (QED) is 0.436. The van der Waals surface area contributed by atoms with Crippen LogP contribution < -0.4 is 16.0 Å². The van der Waals surface area contributed by atoms with Crippen molar-refractivity contribution < 1.29 is 0 Å². The molecule has 0 atom stereocenters. The van der Waals surface area contributed by atoms with Gasteiger partial charge in [-0.15, -0.1) is 24.0 Å². The summed E-state index contributed by atoms with van der Waals surface area (Å²) in [5, 5.41) is 3.14. The molecule has 0 aromatic heterocycles. The Labute approximate surface area is 161 Å². The zero-order valence-corrected chi connectivity index (χ0v) is 16.6. The molecule has 1 heterocycles. The fourth-order valence-electron chi connectivity index (χ4n) is 3.02. The summed E-state index contributed by atoms with van der Waals surface area (Å²) < 4.78 is 0. The normalized spacial score (nSPS) is 13.9. The highest BCUT2D eigenvalue weighted by molar-refractivity contribution is 14.0. The minimum Gasteiger partial charge on any atom is -0.374 e. The molecule has 0 bridgehead atoms. The van der Waals surface area contributed by atoms with Crippen molar-refractivity contribution in [1.82, 2.24) is 0 Å². The van der Waals surface area contributed by atoms with Gasteiger partial charge in [-0.2, -0.15) is 0 Å². The summed E-state index contributed by atoms with van der Waals surface area (Å²) in [6.07, 6.45) is 2.36. The van der Waals surface area contributed by atoms with Crippen LogP contribution in [-0.4, -0.2) is 19.6 Å². The number of nitrogens with zero attached hydrogens (tertiary/aromatic N) is 2. The molecular formula is C19H25IN4. The molecule has 0 amide bonds. The van der Waals surface area contributed by atoms with Gasteiger partial charge in [0.05, 0.1) is 6.54 Å². The highest BCUT2D eigenvalue weighted by Gasteiger charge is 2.13. The fraction of sp³-hybridized carbons (Fsp3) is 0.316. The first-order chi connectivity index (χ1) is 11.1. The van der Waals surface area contributed by atoms with E-state index >= 15 is 0 Å². The Hall–Kier alpha value is -1.76. The summed E-state index contributed by atoms with van der Waals surface area (Å²) >= 11 is 0. The van der Waals surface area contributed by atoms with Crippen LogP contribution in [0.5, 0.6) is 0 Å². The number of halogens is 1. The number of aliphatic imine (C=N–C) groups is 1. The number of anilines is 2. The summed E-state index contributed by atoms with van der Waals surface area (Å²) in [7, 11) is 2.15. The van der Waals surface area contributed by atoms with Gasteiger partial charge < -0.3 is 16.0 Å². The Balaban J connectivity index is 0.00000208. The second-order valence-electron chi connectivity index (χ2n) is 6.18. The van der Waals surface area contributed by atoms with Crippen LogP contribution in [0.4, 0.5) is 11.4 Å². The van der Waals surface area contributed by atoms with Crippen LogP contribution in [0.3, 0.4) is 0 Å². The maximum Gasteiger partial charge on any atom is 0.193 e. The Morgan fingerprint density at radius 1 is 1.25 bits per heavy atom. The van der Waals surface area contributed by atoms with Crippen molar-refractivity contribution in [3.63, 3.8) is 0 Å². The van der Waals surface area contributed by atoms with Gasteiger partial charge in [0, 0.05) is 25.0 Å². The third-order valence-electron chi connectivity index (χ3n) is 4.22. The minimum atomic E-state index is 0. The monoisotopic (exact) mass is 436 g/mol. The Morgan fingerprint density at radius 3 is 2.88 bits per heavy atom. The molecule has 1 aliphatic heterocycles. The van der Waals surface area contributed by atoms with Gasteiger partial charge in [-0.3, -0.25) is 0 Å². The number of benzene rings is 2. The zero-order chi connectivity index (χ0) is 16.2. The van der Waals surface area contributed by atoms with Crippen LogP contribution in [0.25, 0.3) is 0 Å². The standard InChI is InChI=1S/C19H24N4.HI/c1-14-5-3-7-17(11-14)22-19(20)21-13-15-8-9-18-16(12-15)6-4-10-23(18)2;/h3,5,7-9,11-12H,4,6,10,13H2,1-2H3,(H3,20,21,22);1H. The third kappa shape index (κ3) is 4.63. The van der Waals surface area contributed by atoms with Gasteiger partial charge in [0.2, 0.25) is 0 Å². The average Bonchev–Trinajstić information content (AvgIpc) is 2.53. The summed E-state index contributed by atoms with van der Waals surface area (Å²) in [6, 6.07) is 14.7. The number of guanidine groups is 1. The first-order valence-electron chi connectivity index (χ1n) is 8.08.